The molecule has 4 aliphatic rings. The van der Waals surface area contributed by atoms with Crippen molar-refractivity contribution in [3.05, 3.63) is 47.7 Å². The van der Waals surface area contributed by atoms with Gasteiger partial charge in [0.25, 0.3) is 0 Å². The largest absolute Gasteiger partial charge is 0.361 e. The molecule has 5 nitrogen and oxygen atoms in total. The number of aromatic amines is 1. The standard InChI is InChI=1S/C23H28N4O/c24-19(8-17-13-25-20-4-2-1-3-18(17)20)22-26-21(27-28-22)12-23-9-14-5-15(10-23)7-16(6-14)11-23/h1-4,13-16,19,25H,5-12,24H2. The van der Waals surface area contributed by atoms with Crippen LogP contribution in [0.1, 0.15) is 61.8 Å². The summed E-state index contributed by atoms with van der Waals surface area (Å²) in [5.74, 6) is 4.28. The van der Waals surface area contributed by atoms with Crippen molar-refractivity contribution in [1.29, 1.82) is 0 Å². The smallest absolute Gasteiger partial charge is 0.243 e. The Labute approximate surface area is 165 Å². The number of benzene rings is 1. The van der Waals surface area contributed by atoms with Crippen molar-refractivity contribution >= 4 is 10.9 Å². The first-order chi connectivity index (χ1) is 13.7. The minimum atomic E-state index is -0.267. The third kappa shape index (κ3) is 2.79. The molecular formula is C23H28N4O. The average molecular weight is 377 g/mol. The van der Waals surface area contributed by atoms with E-state index in [-0.39, 0.29) is 6.04 Å². The maximum Gasteiger partial charge on any atom is 0.243 e. The minimum Gasteiger partial charge on any atom is -0.361 e. The van der Waals surface area contributed by atoms with Crippen LogP contribution in [0.2, 0.25) is 0 Å². The average Bonchev–Trinajstić information content (AvgIpc) is 3.28. The van der Waals surface area contributed by atoms with Crippen LogP contribution in [0.3, 0.4) is 0 Å². The molecule has 4 saturated carbocycles. The number of para-hydroxylation sites is 1. The molecule has 1 aromatic carbocycles. The predicted octanol–water partition coefficient (Wildman–Crippen LogP) is 4.55. The van der Waals surface area contributed by atoms with Crippen molar-refractivity contribution in [2.45, 2.75) is 57.4 Å². The summed E-state index contributed by atoms with van der Waals surface area (Å²) < 4.78 is 5.60. The van der Waals surface area contributed by atoms with Crippen molar-refractivity contribution in [3.8, 4) is 0 Å². The first-order valence-electron chi connectivity index (χ1n) is 10.8. The van der Waals surface area contributed by atoms with Gasteiger partial charge in [0.05, 0.1) is 6.04 Å². The Hall–Kier alpha value is -2.14. The predicted molar refractivity (Wildman–Crippen MR) is 108 cm³/mol. The van der Waals surface area contributed by atoms with Crippen molar-refractivity contribution in [3.63, 3.8) is 0 Å². The van der Waals surface area contributed by atoms with Gasteiger partial charge in [-0.25, -0.2) is 0 Å². The normalized spacial score (nSPS) is 32.2. The van der Waals surface area contributed by atoms with Crippen LogP contribution in [0, 0.1) is 23.2 Å². The van der Waals surface area contributed by atoms with Gasteiger partial charge in [-0.3, -0.25) is 0 Å². The molecular weight excluding hydrogens is 348 g/mol. The zero-order valence-electron chi connectivity index (χ0n) is 16.2. The van der Waals surface area contributed by atoms with Gasteiger partial charge in [0.15, 0.2) is 5.82 Å². The van der Waals surface area contributed by atoms with E-state index in [2.05, 4.69) is 28.3 Å². The number of hydrogen-bond acceptors (Lipinski definition) is 4. The highest BCUT2D eigenvalue weighted by Gasteiger charge is 2.51. The Morgan fingerprint density at radius 1 is 1.11 bits per heavy atom. The quantitative estimate of drug-likeness (QED) is 0.684. The van der Waals surface area contributed by atoms with Gasteiger partial charge in [0, 0.05) is 23.5 Å². The van der Waals surface area contributed by atoms with Crippen molar-refractivity contribution in [2.75, 3.05) is 0 Å². The Balaban J connectivity index is 1.18. The van der Waals surface area contributed by atoms with Gasteiger partial charge in [-0.2, -0.15) is 4.98 Å². The van der Waals surface area contributed by atoms with Crippen LogP contribution >= 0.6 is 0 Å². The Bertz CT molecular complexity index is 968. The number of nitrogens with zero attached hydrogens (tertiary/aromatic N) is 2. The first kappa shape index (κ1) is 16.8. The van der Waals surface area contributed by atoms with Gasteiger partial charge in [-0.15, -0.1) is 0 Å². The van der Waals surface area contributed by atoms with Gasteiger partial charge in [-0.1, -0.05) is 23.4 Å². The molecule has 7 rings (SSSR count). The number of rotatable bonds is 5. The second-order valence-electron chi connectivity index (χ2n) is 9.81. The maximum absolute atomic E-state index is 6.44. The second-order valence-corrected chi connectivity index (χ2v) is 9.81. The lowest BCUT2D eigenvalue weighted by atomic mass is 9.49. The molecule has 28 heavy (non-hydrogen) atoms. The zero-order chi connectivity index (χ0) is 18.7. The van der Waals surface area contributed by atoms with E-state index in [4.69, 9.17) is 15.2 Å². The number of aromatic nitrogens is 3. The first-order valence-corrected chi connectivity index (χ1v) is 10.8. The highest BCUT2D eigenvalue weighted by Crippen LogP contribution is 2.60. The lowest BCUT2D eigenvalue weighted by molar-refractivity contribution is -0.0533. The second kappa shape index (κ2) is 6.18. The van der Waals surface area contributed by atoms with Crippen LogP contribution in [0.4, 0.5) is 0 Å². The van der Waals surface area contributed by atoms with Gasteiger partial charge in [0.2, 0.25) is 5.89 Å². The molecule has 0 amide bonds. The summed E-state index contributed by atoms with van der Waals surface area (Å²) in [5.41, 5.74) is 9.20. The summed E-state index contributed by atoms with van der Waals surface area (Å²) in [7, 11) is 0. The summed E-state index contributed by atoms with van der Waals surface area (Å²) in [6.45, 7) is 0. The Kier molecular flexibility index (Phi) is 3.70. The fourth-order valence-corrected chi connectivity index (χ4v) is 6.96. The van der Waals surface area contributed by atoms with Crippen molar-refractivity contribution in [2.24, 2.45) is 28.9 Å². The van der Waals surface area contributed by atoms with Crippen molar-refractivity contribution < 1.29 is 4.52 Å². The van der Waals surface area contributed by atoms with Crippen LogP contribution in [-0.4, -0.2) is 15.1 Å². The molecule has 5 heteroatoms. The highest BCUT2D eigenvalue weighted by molar-refractivity contribution is 5.83. The summed E-state index contributed by atoms with van der Waals surface area (Å²) in [6, 6.07) is 8.04. The van der Waals surface area contributed by atoms with Gasteiger partial charge < -0.3 is 15.2 Å². The molecule has 2 aromatic heterocycles. The molecule has 3 N–H and O–H groups in total. The highest BCUT2D eigenvalue weighted by atomic mass is 16.5. The molecule has 2 heterocycles. The molecule has 3 aromatic rings. The molecule has 4 fully saturated rings. The summed E-state index contributed by atoms with van der Waals surface area (Å²) in [6.07, 6.45) is 12.2. The molecule has 4 bridgehead atoms. The number of nitrogens with one attached hydrogen (secondary N) is 1. The SMILES string of the molecule is NC(Cc1c[nH]c2ccccc12)c1nc(CC23CC4CC(CC(C4)C2)C3)no1. The number of hydrogen-bond donors (Lipinski definition) is 2. The fraction of sp³-hybridized carbons (Fsp3) is 0.565. The molecule has 146 valence electrons. The summed E-state index contributed by atoms with van der Waals surface area (Å²) >= 11 is 0. The van der Waals surface area contributed by atoms with Gasteiger partial charge >= 0.3 is 0 Å². The summed E-state index contributed by atoms with van der Waals surface area (Å²) in [4.78, 5) is 8.05. The van der Waals surface area contributed by atoms with E-state index in [0.717, 1.165) is 35.5 Å². The molecule has 1 unspecified atom stereocenters. The van der Waals surface area contributed by atoms with Crippen molar-refractivity contribution in [1.82, 2.24) is 15.1 Å². The third-order valence-electron chi connectivity index (χ3n) is 7.61. The van der Waals surface area contributed by atoms with E-state index in [0.29, 0.717) is 17.7 Å². The van der Waals surface area contributed by atoms with E-state index < -0.39 is 0 Å². The fourth-order valence-electron chi connectivity index (χ4n) is 6.96. The van der Waals surface area contributed by atoms with Crippen LogP contribution in [-0.2, 0) is 12.8 Å². The van der Waals surface area contributed by atoms with Crippen LogP contribution in [0.5, 0.6) is 0 Å². The molecule has 0 radical (unpaired) electrons. The van der Waals surface area contributed by atoms with Gasteiger partial charge in [-0.05, 0) is 79.7 Å². The molecule has 4 aliphatic carbocycles. The van der Waals surface area contributed by atoms with E-state index >= 15 is 0 Å². The van der Waals surface area contributed by atoms with E-state index in [1.807, 2.05) is 12.3 Å². The minimum absolute atomic E-state index is 0.267. The van der Waals surface area contributed by atoms with Crippen LogP contribution < -0.4 is 5.73 Å². The monoisotopic (exact) mass is 376 g/mol. The number of fused-ring (bicyclic) bond motifs is 1. The lowest BCUT2D eigenvalue weighted by Crippen LogP contribution is -2.47. The molecule has 0 spiro atoms. The van der Waals surface area contributed by atoms with Gasteiger partial charge in [0.1, 0.15) is 0 Å². The lowest BCUT2D eigenvalue weighted by Gasteiger charge is -2.56. The molecule has 0 saturated heterocycles. The zero-order valence-corrected chi connectivity index (χ0v) is 16.2. The summed E-state index contributed by atoms with van der Waals surface area (Å²) in [5, 5.41) is 5.55. The maximum atomic E-state index is 6.44. The Morgan fingerprint density at radius 2 is 1.82 bits per heavy atom. The van der Waals surface area contributed by atoms with E-state index in [1.54, 1.807) is 0 Å². The van der Waals surface area contributed by atoms with E-state index in [9.17, 15) is 0 Å². The third-order valence-corrected chi connectivity index (χ3v) is 7.61. The number of nitrogens with two attached hydrogens (primary N) is 1. The van der Waals surface area contributed by atoms with E-state index in [1.165, 1.54) is 49.5 Å². The topological polar surface area (TPSA) is 80.7 Å². The number of H-pyrrole nitrogens is 1. The Morgan fingerprint density at radius 3 is 2.57 bits per heavy atom. The van der Waals surface area contributed by atoms with Crippen LogP contribution in [0.25, 0.3) is 10.9 Å². The van der Waals surface area contributed by atoms with Crippen LogP contribution in [0.15, 0.2) is 35.0 Å². The molecule has 1 atom stereocenters. The molecule has 0 aliphatic heterocycles.